The monoisotopic (exact) mass is 393 g/mol. The molecule has 7 atom stereocenters. The fourth-order valence-corrected chi connectivity index (χ4v) is 7.11. The van der Waals surface area contributed by atoms with E-state index in [1.165, 1.54) is 44.2 Å². The van der Waals surface area contributed by atoms with Crippen molar-refractivity contribution >= 4 is 0 Å². The van der Waals surface area contributed by atoms with Crippen molar-refractivity contribution in [3.05, 3.63) is 12.3 Å². The molecule has 0 heterocycles. The number of fused-ring (bicyclic) bond motifs is 1. The molecule has 0 radical (unpaired) electrons. The lowest BCUT2D eigenvalue weighted by Gasteiger charge is -2.58. The van der Waals surface area contributed by atoms with Crippen LogP contribution in [0, 0.1) is 40.9 Å². The van der Waals surface area contributed by atoms with Crippen LogP contribution < -0.4 is 0 Å². The lowest BCUT2D eigenvalue weighted by Crippen LogP contribution is -2.51. The summed E-state index contributed by atoms with van der Waals surface area (Å²) in [5.74, 6) is 4.34. The molecule has 2 saturated carbocycles. The van der Waals surface area contributed by atoms with Gasteiger partial charge in [-0.25, -0.2) is 4.39 Å². The third kappa shape index (κ3) is 4.78. The Morgan fingerprint density at radius 2 is 1.82 bits per heavy atom. The molecule has 0 amide bonds. The van der Waals surface area contributed by atoms with Gasteiger partial charge in [0.05, 0.1) is 6.17 Å². The first kappa shape index (κ1) is 23.7. The molecule has 0 aromatic carbocycles. The van der Waals surface area contributed by atoms with E-state index in [1.807, 2.05) is 0 Å². The lowest BCUT2D eigenvalue weighted by molar-refractivity contribution is -0.0768. The maximum atomic E-state index is 13.6. The highest BCUT2D eigenvalue weighted by Crippen LogP contribution is 2.61. The Hall–Kier alpha value is -0.530. The molecule has 2 aliphatic carbocycles. The highest BCUT2D eigenvalue weighted by molar-refractivity contribution is 5.12. The summed E-state index contributed by atoms with van der Waals surface area (Å²) >= 11 is 0. The second-order valence-corrected chi connectivity index (χ2v) is 10.6. The molecule has 2 aliphatic rings. The van der Waals surface area contributed by atoms with E-state index in [4.69, 9.17) is 0 Å². The Labute approximate surface area is 175 Å². The van der Waals surface area contributed by atoms with Gasteiger partial charge in [0.1, 0.15) is 0 Å². The van der Waals surface area contributed by atoms with Crippen molar-refractivity contribution in [3.8, 4) is 0 Å². The minimum absolute atomic E-state index is 0.394. The van der Waals surface area contributed by atoms with Crippen LogP contribution in [0.25, 0.3) is 0 Å². The molecule has 0 N–H and O–H groups in total. The largest absolute Gasteiger partial charge is 0.378 e. The zero-order chi connectivity index (χ0) is 21.1. The van der Waals surface area contributed by atoms with E-state index in [0.717, 1.165) is 37.1 Å². The van der Waals surface area contributed by atoms with Gasteiger partial charge in [0, 0.05) is 25.2 Å². The van der Waals surface area contributed by atoms with Gasteiger partial charge in [0.2, 0.25) is 0 Å². The Morgan fingerprint density at radius 1 is 1.14 bits per heavy atom. The summed E-state index contributed by atoms with van der Waals surface area (Å²) in [5, 5.41) is 0. The van der Waals surface area contributed by atoms with Crippen molar-refractivity contribution in [1.82, 2.24) is 4.90 Å². The molecule has 0 saturated heterocycles. The lowest BCUT2D eigenvalue weighted by atomic mass is 9.47. The number of rotatable bonds is 9. The third-order valence-electron chi connectivity index (χ3n) is 8.88. The molecule has 0 aromatic rings. The van der Waals surface area contributed by atoms with E-state index in [-0.39, 0.29) is 0 Å². The SMILES string of the molecule is C=C(C1CCCC2C(CC)C(C(CCC(C)F)C(C)C)CCC12C)N(C)CC. The Morgan fingerprint density at radius 3 is 2.36 bits per heavy atom. The molecule has 0 bridgehead atoms. The molecule has 7 unspecified atom stereocenters. The minimum atomic E-state index is -0.665. The Balaban J connectivity index is 2.26. The predicted molar refractivity (Wildman–Crippen MR) is 121 cm³/mol. The van der Waals surface area contributed by atoms with E-state index < -0.39 is 6.17 Å². The first-order valence-electron chi connectivity index (χ1n) is 12.2. The first-order chi connectivity index (χ1) is 13.2. The Kier molecular flexibility index (Phi) is 8.47. The van der Waals surface area contributed by atoms with E-state index in [1.54, 1.807) is 6.92 Å². The zero-order valence-corrected chi connectivity index (χ0v) is 19.9. The van der Waals surface area contributed by atoms with Gasteiger partial charge in [-0.15, -0.1) is 0 Å². The molecule has 2 fully saturated rings. The van der Waals surface area contributed by atoms with Gasteiger partial charge >= 0.3 is 0 Å². The minimum Gasteiger partial charge on any atom is -0.378 e. The third-order valence-corrected chi connectivity index (χ3v) is 8.88. The highest BCUT2D eigenvalue weighted by atomic mass is 19.1. The molecule has 0 spiro atoms. The Bertz CT molecular complexity index is 499. The molecule has 164 valence electrons. The summed E-state index contributed by atoms with van der Waals surface area (Å²) in [5.41, 5.74) is 1.76. The summed E-state index contributed by atoms with van der Waals surface area (Å²) in [4.78, 5) is 2.38. The average Bonchev–Trinajstić information content (AvgIpc) is 2.65. The number of hydrogen-bond acceptors (Lipinski definition) is 1. The summed E-state index contributed by atoms with van der Waals surface area (Å²) in [6.07, 6.45) is 9.11. The van der Waals surface area contributed by atoms with Gasteiger partial charge in [-0.2, -0.15) is 0 Å². The van der Waals surface area contributed by atoms with Gasteiger partial charge < -0.3 is 4.90 Å². The van der Waals surface area contributed by atoms with Gasteiger partial charge in [-0.1, -0.05) is 47.1 Å². The van der Waals surface area contributed by atoms with E-state index in [2.05, 4.69) is 53.1 Å². The highest BCUT2D eigenvalue weighted by Gasteiger charge is 2.53. The van der Waals surface area contributed by atoms with Crippen LogP contribution >= 0.6 is 0 Å². The fraction of sp³-hybridized carbons (Fsp3) is 0.923. The smallest absolute Gasteiger partial charge is 0.0973 e. The van der Waals surface area contributed by atoms with Crippen molar-refractivity contribution in [2.75, 3.05) is 13.6 Å². The summed E-state index contributed by atoms with van der Waals surface area (Å²) in [7, 11) is 2.21. The van der Waals surface area contributed by atoms with Gasteiger partial charge in [0.15, 0.2) is 0 Å². The maximum absolute atomic E-state index is 13.6. The molecule has 0 aromatic heterocycles. The molecule has 2 heteroatoms. The van der Waals surface area contributed by atoms with E-state index >= 15 is 0 Å². The van der Waals surface area contributed by atoms with Crippen LogP contribution in [0.1, 0.15) is 92.9 Å². The van der Waals surface area contributed by atoms with Gasteiger partial charge in [-0.05, 0) is 87.4 Å². The van der Waals surface area contributed by atoms with Crippen molar-refractivity contribution < 1.29 is 4.39 Å². The van der Waals surface area contributed by atoms with Crippen molar-refractivity contribution in [2.45, 2.75) is 99.1 Å². The average molecular weight is 394 g/mol. The number of hydrogen-bond donors (Lipinski definition) is 0. The normalized spacial score (nSPS) is 35.3. The standard InChI is InChI=1S/C26H48FN/c1-9-21-23(22(18(3)4)15-14-19(5)27)16-17-26(7)24(12-11-13-25(21)26)20(6)28(8)10-2/h18-19,21-25H,6,9-17H2,1-5,7-8H3. The van der Waals surface area contributed by atoms with Gasteiger partial charge in [0.25, 0.3) is 0 Å². The summed E-state index contributed by atoms with van der Waals surface area (Å²) in [6.45, 7) is 19.3. The molecule has 1 nitrogen and oxygen atoms in total. The second kappa shape index (κ2) is 9.98. The van der Waals surface area contributed by atoms with Crippen LogP contribution in [-0.4, -0.2) is 24.7 Å². The van der Waals surface area contributed by atoms with Crippen LogP contribution in [0.4, 0.5) is 4.39 Å². The molecule has 2 rings (SSSR count). The van der Waals surface area contributed by atoms with Crippen LogP contribution in [-0.2, 0) is 0 Å². The van der Waals surface area contributed by atoms with E-state index in [9.17, 15) is 4.39 Å². The fourth-order valence-electron chi connectivity index (χ4n) is 7.11. The van der Waals surface area contributed by atoms with Crippen molar-refractivity contribution in [2.24, 2.45) is 40.9 Å². The second-order valence-electron chi connectivity index (χ2n) is 10.6. The topological polar surface area (TPSA) is 3.24 Å². The van der Waals surface area contributed by atoms with Crippen LogP contribution in [0.5, 0.6) is 0 Å². The zero-order valence-electron chi connectivity index (χ0n) is 19.9. The number of allylic oxidation sites excluding steroid dienone is 1. The molecular weight excluding hydrogens is 345 g/mol. The summed E-state index contributed by atoms with van der Waals surface area (Å²) in [6, 6.07) is 0. The van der Waals surface area contributed by atoms with Crippen LogP contribution in [0.15, 0.2) is 12.3 Å². The van der Waals surface area contributed by atoms with Crippen LogP contribution in [0.3, 0.4) is 0 Å². The molecular formula is C26H48FN. The number of alkyl halides is 1. The molecule has 0 aliphatic heterocycles. The summed E-state index contributed by atoms with van der Waals surface area (Å²) < 4.78 is 13.6. The van der Waals surface area contributed by atoms with Crippen molar-refractivity contribution in [3.63, 3.8) is 0 Å². The predicted octanol–water partition coefficient (Wildman–Crippen LogP) is 7.72. The van der Waals surface area contributed by atoms with Crippen LogP contribution in [0.2, 0.25) is 0 Å². The van der Waals surface area contributed by atoms with E-state index in [0.29, 0.717) is 23.2 Å². The van der Waals surface area contributed by atoms with Gasteiger partial charge in [-0.3, -0.25) is 0 Å². The number of nitrogens with zero attached hydrogens (tertiary/aromatic N) is 1. The van der Waals surface area contributed by atoms with Crippen molar-refractivity contribution in [1.29, 1.82) is 0 Å². The number of halogens is 1. The maximum Gasteiger partial charge on any atom is 0.0973 e. The first-order valence-corrected chi connectivity index (χ1v) is 12.2. The quantitative estimate of drug-likeness (QED) is 0.387. The molecule has 28 heavy (non-hydrogen) atoms.